The Morgan fingerprint density at radius 2 is 1.00 bits per heavy atom. The standard InChI is InChI=1S/4C2H5.CH3.H2N.Ti/c4*1-2;;;/h4*1H2,2H3;1H3;1H2;/q;;;;;-1;+1. The van der Waals surface area contributed by atoms with Crippen molar-refractivity contribution in [3.8, 4) is 0 Å². The molecule has 0 aliphatic rings. The van der Waals surface area contributed by atoms with E-state index < -0.39 is 14.3 Å². The van der Waals surface area contributed by atoms with Gasteiger partial charge in [0, 0.05) is 0 Å². The normalized spacial score (nSPS) is 19.1. The number of nitrogens with two attached hydrogens (primary N) is 1. The fourth-order valence-electron chi connectivity index (χ4n) is 1.50. The maximum atomic E-state index is 6.75. The fraction of sp³-hybridized carbons (Fsp3) is 1.00. The Morgan fingerprint density at radius 3 is 1.00 bits per heavy atom. The molecule has 0 saturated heterocycles. The summed E-state index contributed by atoms with van der Waals surface area (Å²) in [5.41, 5.74) is 0. The topological polar surface area (TPSA) is 26.0 Å². The summed E-state index contributed by atoms with van der Waals surface area (Å²) in [5, 5.41) is 2.42. The average molecular weight is 195 g/mol. The zero-order chi connectivity index (χ0) is 9.24. The van der Waals surface area contributed by atoms with Crippen molar-refractivity contribution in [3.05, 3.63) is 0 Å². The van der Waals surface area contributed by atoms with Gasteiger partial charge in [-0.2, -0.15) is 0 Å². The first-order valence-electron chi connectivity index (χ1n) is 5.03. The monoisotopic (exact) mass is 195 g/mol. The molecule has 0 aromatic rings. The van der Waals surface area contributed by atoms with Crippen LogP contribution in [0.15, 0.2) is 0 Å². The van der Waals surface area contributed by atoms with Gasteiger partial charge in [-0.05, 0) is 0 Å². The van der Waals surface area contributed by atoms with Crippen molar-refractivity contribution < 1.29 is 14.3 Å². The minimum atomic E-state index is -2.91. The van der Waals surface area contributed by atoms with Crippen molar-refractivity contribution in [3.63, 3.8) is 0 Å². The van der Waals surface area contributed by atoms with Crippen LogP contribution in [0.1, 0.15) is 27.7 Å². The fourth-order valence-corrected chi connectivity index (χ4v) is 6.18. The summed E-state index contributed by atoms with van der Waals surface area (Å²) < 4.78 is 11.7. The van der Waals surface area contributed by atoms with E-state index in [0.717, 1.165) is 0 Å². The van der Waals surface area contributed by atoms with Gasteiger partial charge in [-0.1, -0.05) is 0 Å². The van der Waals surface area contributed by atoms with Crippen LogP contribution in [0, 0.1) is 0 Å². The second kappa shape index (κ2) is 2.58. The van der Waals surface area contributed by atoms with E-state index in [2.05, 4.69) is 32.9 Å². The Labute approximate surface area is 70.5 Å². The first kappa shape index (κ1) is 11.7. The zero-order valence-electron chi connectivity index (χ0n) is 8.91. The summed E-state index contributed by atoms with van der Waals surface area (Å²) in [6.07, 6.45) is 0. The predicted octanol–water partition coefficient (Wildman–Crippen LogP) is 3.89. The van der Waals surface area contributed by atoms with E-state index in [1.165, 1.54) is 18.9 Å². The molecule has 0 heterocycles. The SMILES string of the molecule is C[CH2][Ti]([CH3])([NH2])([CH2]C)([CH2]C)[CH2]C. The van der Waals surface area contributed by atoms with Crippen LogP contribution < -0.4 is 4.22 Å². The molecule has 11 heavy (non-hydrogen) atoms. The molecule has 0 amide bonds. The summed E-state index contributed by atoms with van der Waals surface area (Å²) in [6.45, 7) is 9.12. The number of hydrogen-bond acceptors (Lipinski definition) is 1. The minimum absolute atomic E-state index is 1.24. The summed E-state index contributed by atoms with van der Waals surface area (Å²) in [4.78, 5) is 0. The van der Waals surface area contributed by atoms with Gasteiger partial charge < -0.3 is 0 Å². The molecular weight excluding hydrogens is 170 g/mol. The summed E-state index contributed by atoms with van der Waals surface area (Å²) in [7, 11) is 0. The summed E-state index contributed by atoms with van der Waals surface area (Å²) in [5.74, 6) is 0. The maximum absolute atomic E-state index is 6.75. The Morgan fingerprint density at radius 1 is 0.818 bits per heavy atom. The van der Waals surface area contributed by atoms with Crippen LogP contribution >= 0.6 is 0 Å². The summed E-state index contributed by atoms with van der Waals surface area (Å²) >= 11 is -2.91. The van der Waals surface area contributed by atoms with Gasteiger partial charge in [0.25, 0.3) is 0 Å². The molecule has 0 bridgehead atoms. The van der Waals surface area contributed by atoms with Crippen LogP contribution in [0.3, 0.4) is 0 Å². The van der Waals surface area contributed by atoms with E-state index in [4.69, 9.17) is 4.22 Å². The van der Waals surface area contributed by atoms with E-state index in [0.29, 0.717) is 0 Å². The molecule has 0 aliphatic carbocycles. The Hall–Kier alpha value is 0.674. The van der Waals surface area contributed by atoms with Crippen LogP contribution in [0.5, 0.6) is 0 Å². The zero-order valence-corrected chi connectivity index (χ0v) is 10.5. The Bertz CT molecular complexity index is 123. The summed E-state index contributed by atoms with van der Waals surface area (Å²) in [6, 6.07) is 0. The third-order valence-corrected chi connectivity index (χ3v) is 21.6. The van der Waals surface area contributed by atoms with E-state index >= 15 is 0 Å². The van der Waals surface area contributed by atoms with Crippen LogP contribution in [0.4, 0.5) is 0 Å². The van der Waals surface area contributed by atoms with Crippen molar-refractivity contribution in [1.82, 2.24) is 0 Å². The first-order chi connectivity index (χ1) is 4.80. The van der Waals surface area contributed by atoms with E-state index in [1.54, 1.807) is 0 Å². The van der Waals surface area contributed by atoms with Crippen molar-refractivity contribution in [2.75, 3.05) is 0 Å². The number of rotatable bonds is 4. The van der Waals surface area contributed by atoms with Crippen LogP contribution in [0.25, 0.3) is 0 Å². The van der Waals surface area contributed by atoms with Gasteiger partial charge in [0.1, 0.15) is 0 Å². The van der Waals surface area contributed by atoms with E-state index in [1.807, 2.05) is 0 Å². The van der Waals surface area contributed by atoms with Gasteiger partial charge in [0.15, 0.2) is 0 Å². The molecule has 0 aromatic heterocycles. The third kappa shape index (κ3) is 1.88. The second-order valence-electron chi connectivity index (χ2n) is 5.43. The molecule has 0 spiro atoms. The molecule has 2 N–H and O–H groups in total. The van der Waals surface area contributed by atoms with Gasteiger partial charge in [-0.25, -0.2) is 0 Å². The van der Waals surface area contributed by atoms with Crippen LogP contribution in [0.2, 0.25) is 24.1 Å². The van der Waals surface area contributed by atoms with E-state index in [9.17, 15) is 0 Å². The molecule has 0 atom stereocenters. The number of hydrogen-bond donors (Lipinski definition) is 1. The average Bonchev–Trinajstić information content (AvgIpc) is 2.07. The predicted molar refractivity (Wildman–Crippen MR) is 52.0 cm³/mol. The second-order valence-corrected chi connectivity index (χ2v) is 22.4. The Kier molecular flexibility index (Phi) is 2.74. The van der Waals surface area contributed by atoms with Gasteiger partial charge in [0.05, 0.1) is 0 Å². The van der Waals surface area contributed by atoms with Crippen molar-refractivity contribution in [2.45, 2.75) is 51.8 Å². The van der Waals surface area contributed by atoms with Gasteiger partial charge >= 0.3 is 70.3 Å². The molecule has 2 heteroatoms. The molecule has 70 valence electrons. The first-order valence-corrected chi connectivity index (χ1v) is 11.9. The quantitative estimate of drug-likeness (QED) is 0.676. The van der Waals surface area contributed by atoms with Crippen LogP contribution in [-0.2, 0) is 14.3 Å². The molecule has 0 fully saturated rings. The van der Waals surface area contributed by atoms with Crippen molar-refractivity contribution in [2.24, 2.45) is 4.22 Å². The molecular formula is C9H25NTi. The molecule has 0 aromatic carbocycles. The Balaban J connectivity index is 5.04. The molecule has 0 aliphatic heterocycles. The van der Waals surface area contributed by atoms with Gasteiger partial charge in [-0.15, -0.1) is 0 Å². The van der Waals surface area contributed by atoms with E-state index in [-0.39, 0.29) is 0 Å². The van der Waals surface area contributed by atoms with Crippen LogP contribution in [-0.4, -0.2) is 0 Å². The van der Waals surface area contributed by atoms with Crippen molar-refractivity contribution in [1.29, 1.82) is 0 Å². The molecule has 0 rings (SSSR count). The molecule has 1 nitrogen and oxygen atoms in total. The molecule has 0 radical (unpaired) electrons. The van der Waals surface area contributed by atoms with Crippen molar-refractivity contribution >= 4 is 0 Å². The van der Waals surface area contributed by atoms with Gasteiger partial charge in [-0.3, -0.25) is 0 Å². The van der Waals surface area contributed by atoms with Gasteiger partial charge in [0.2, 0.25) is 0 Å². The molecule has 0 saturated carbocycles. The molecule has 0 unspecified atom stereocenters. The third-order valence-electron chi connectivity index (χ3n) is 5.23.